The molecule has 3 amide bonds. The number of unbranched alkanes of at least 4 members (excludes halogenated alkanes) is 2. The summed E-state index contributed by atoms with van der Waals surface area (Å²) in [6.45, 7) is 8.03. The molecular weight excluding hydrogens is 582 g/mol. The highest BCUT2D eigenvalue weighted by Gasteiger charge is 2.29. The van der Waals surface area contributed by atoms with Crippen LogP contribution in [0.15, 0.2) is 66.7 Å². The fourth-order valence-electron chi connectivity index (χ4n) is 5.37. The van der Waals surface area contributed by atoms with Crippen molar-refractivity contribution in [2.24, 2.45) is 0 Å². The van der Waals surface area contributed by atoms with Crippen LogP contribution in [0.1, 0.15) is 66.7 Å². The molecule has 0 aromatic heterocycles. The molecule has 1 aliphatic rings. The van der Waals surface area contributed by atoms with Gasteiger partial charge in [0.1, 0.15) is 0 Å². The Labute approximate surface area is 262 Å². The highest BCUT2D eigenvalue weighted by atomic mass is 35.5. The van der Waals surface area contributed by atoms with Gasteiger partial charge in [0.15, 0.2) is 0 Å². The molecule has 1 aliphatic heterocycles. The number of carbonyl (C=O) groups excluding carboxylic acids is 3. The highest BCUT2D eigenvalue weighted by molar-refractivity contribution is 6.31. The second kappa shape index (κ2) is 15.4. The Morgan fingerprint density at radius 1 is 0.886 bits per heavy atom. The van der Waals surface area contributed by atoms with Gasteiger partial charge in [0.25, 0.3) is 17.5 Å². The van der Waals surface area contributed by atoms with Crippen LogP contribution in [0.25, 0.3) is 0 Å². The Morgan fingerprint density at radius 3 is 2.30 bits per heavy atom. The molecule has 11 heteroatoms. The number of para-hydroxylation sites is 1. The standard InChI is InChI=1S/C33H38ClN5O5/c1-3-36(4-2)20-10-22-37(33(42)24-14-17-26(18-15-24)39(43)44)21-9-5-6-13-31(40)38-29-12-8-7-11-27(29)32(41)35-28-23-25(34)16-19-30(28)38/h7-8,11-12,14-19,23H,3-6,9-10,13,20-22H2,1-2H3,(H,35,41). The molecule has 1 heterocycles. The summed E-state index contributed by atoms with van der Waals surface area (Å²) in [5.41, 5.74) is 2.30. The molecule has 44 heavy (non-hydrogen) atoms. The van der Waals surface area contributed by atoms with Crippen molar-refractivity contribution in [1.82, 2.24) is 9.80 Å². The lowest BCUT2D eigenvalue weighted by Crippen LogP contribution is -2.35. The molecule has 0 saturated carbocycles. The molecule has 0 unspecified atom stereocenters. The molecule has 0 fully saturated rings. The Kier molecular flexibility index (Phi) is 11.5. The second-order valence-electron chi connectivity index (χ2n) is 10.6. The summed E-state index contributed by atoms with van der Waals surface area (Å²) in [5, 5.41) is 14.4. The fraction of sp³-hybridized carbons (Fsp3) is 0.364. The molecule has 3 aromatic rings. The predicted molar refractivity (Wildman–Crippen MR) is 173 cm³/mol. The van der Waals surface area contributed by atoms with Crippen molar-refractivity contribution in [2.45, 2.75) is 46.0 Å². The van der Waals surface area contributed by atoms with Crippen LogP contribution >= 0.6 is 11.6 Å². The topological polar surface area (TPSA) is 116 Å². The van der Waals surface area contributed by atoms with Crippen molar-refractivity contribution in [3.63, 3.8) is 0 Å². The van der Waals surface area contributed by atoms with Crippen LogP contribution in [-0.2, 0) is 4.79 Å². The Hall–Kier alpha value is -4.28. The van der Waals surface area contributed by atoms with Gasteiger partial charge in [-0.05, 0) is 81.4 Å². The highest BCUT2D eigenvalue weighted by Crippen LogP contribution is 2.39. The number of anilines is 3. The van der Waals surface area contributed by atoms with Crippen molar-refractivity contribution >= 4 is 52.1 Å². The number of nitro groups is 1. The first-order valence-corrected chi connectivity index (χ1v) is 15.4. The number of nitrogens with zero attached hydrogens (tertiary/aromatic N) is 4. The van der Waals surface area contributed by atoms with E-state index < -0.39 is 4.92 Å². The third kappa shape index (κ3) is 8.00. The molecule has 10 nitrogen and oxygen atoms in total. The molecule has 232 valence electrons. The van der Waals surface area contributed by atoms with Gasteiger partial charge in [0.2, 0.25) is 5.91 Å². The Morgan fingerprint density at radius 2 is 1.59 bits per heavy atom. The van der Waals surface area contributed by atoms with E-state index in [0.717, 1.165) is 26.1 Å². The molecule has 4 rings (SSSR count). The van der Waals surface area contributed by atoms with E-state index in [1.807, 2.05) is 0 Å². The number of hydrogen-bond donors (Lipinski definition) is 1. The van der Waals surface area contributed by atoms with Gasteiger partial charge in [-0.25, -0.2) is 0 Å². The third-order valence-electron chi connectivity index (χ3n) is 7.81. The van der Waals surface area contributed by atoms with Gasteiger partial charge in [0.05, 0.1) is 27.5 Å². The van der Waals surface area contributed by atoms with Crippen molar-refractivity contribution in [2.75, 3.05) is 42.9 Å². The predicted octanol–water partition coefficient (Wildman–Crippen LogP) is 6.91. The number of nitrogens with one attached hydrogen (secondary N) is 1. The molecule has 1 N–H and O–H groups in total. The lowest BCUT2D eigenvalue weighted by molar-refractivity contribution is -0.384. The minimum atomic E-state index is -0.482. The van der Waals surface area contributed by atoms with Crippen LogP contribution in [0, 0.1) is 10.1 Å². The summed E-state index contributed by atoms with van der Waals surface area (Å²) in [7, 11) is 0. The zero-order valence-electron chi connectivity index (χ0n) is 25.1. The number of benzene rings is 3. The molecule has 0 radical (unpaired) electrons. The number of amides is 3. The minimum absolute atomic E-state index is 0.0581. The maximum absolute atomic E-state index is 13.6. The summed E-state index contributed by atoms with van der Waals surface area (Å²) in [6.07, 6.45) is 3.07. The number of hydrogen-bond acceptors (Lipinski definition) is 6. The van der Waals surface area contributed by atoms with Crippen molar-refractivity contribution in [1.29, 1.82) is 0 Å². The van der Waals surface area contributed by atoms with Crippen LogP contribution in [0.4, 0.5) is 22.7 Å². The normalized spacial score (nSPS) is 12.3. The summed E-state index contributed by atoms with van der Waals surface area (Å²) >= 11 is 6.19. The largest absolute Gasteiger partial charge is 0.339 e. The number of halogens is 1. The average molecular weight is 620 g/mol. The fourth-order valence-corrected chi connectivity index (χ4v) is 5.54. The van der Waals surface area contributed by atoms with Gasteiger partial charge < -0.3 is 15.1 Å². The Bertz CT molecular complexity index is 1490. The average Bonchev–Trinajstić information content (AvgIpc) is 3.14. The molecular formula is C33H38ClN5O5. The van der Waals surface area contributed by atoms with E-state index in [2.05, 4.69) is 24.1 Å². The van der Waals surface area contributed by atoms with E-state index in [4.69, 9.17) is 11.6 Å². The van der Waals surface area contributed by atoms with E-state index in [1.54, 1.807) is 52.3 Å². The van der Waals surface area contributed by atoms with E-state index in [0.29, 0.717) is 65.6 Å². The maximum atomic E-state index is 13.6. The van der Waals surface area contributed by atoms with Crippen LogP contribution in [0.2, 0.25) is 5.02 Å². The molecule has 0 atom stereocenters. The monoisotopic (exact) mass is 619 g/mol. The van der Waals surface area contributed by atoms with E-state index >= 15 is 0 Å². The number of carbonyl (C=O) groups is 3. The SMILES string of the molecule is CCN(CC)CCCN(CCCCCC(=O)N1c2ccc(Cl)cc2NC(=O)c2ccccc21)C(=O)c1ccc([N+](=O)[O-])cc1. The summed E-state index contributed by atoms with van der Waals surface area (Å²) < 4.78 is 0. The van der Waals surface area contributed by atoms with Crippen LogP contribution in [0.3, 0.4) is 0 Å². The number of fused-ring (bicyclic) bond motifs is 2. The molecule has 0 bridgehead atoms. The molecule has 3 aromatic carbocycles. The Balaban J connectivity index is 1.40. The van der Waals surface area contributed by atoms with Crippen molar-refractivity contribution < 1.29 is 19.3 Å². The lowest BCUT2D eigenvalue weighted by atomic mass is 10.1. The molecule has 0 saturated heterocycles. The van der Waals surface area contributed by atoms with Gasteiger partial charge in [0, 0.05) is 42.2 Å². The van der Waals surface area contributed by atoms with Crippen LogP contribution in [-0.4, -0.2) is 65.2 Å². The lowest BCUT2D eigenvalue weighted by Gasteiger charge is -2.25. The van der Waals surface area contributed by atoms with Gasteiger partial charge in [-0.15, -0.1) is 0 Å². The van der Waals surface area contributed by atoms with Gasteiger partial charge >= 0.3 is 0 Å². The summed E-state index contributed by atoms with van der Waals surface area (Å²) in [4.78, 5) is 56.2. The van der Waals surface area contributed by atoms with Crippen molar-refractivity contribution in [3.05, 3.63) is 93.0 Å². The smallest absolute Gasteiger partial charge is 0.269 e. The van der Waals surface area contributed by atoms with E-state index in [1.165, 1.54) is 24.3 Å². The minimum Gasteiger partial charge on any atom is -0.339 e. The number of non-ortho nitro benzene ring substituents is 1. The first-order valence-electron chi connectivity index (χ1n) is 15.0. The molecule has 0 aliphatic carbocycles. The van der Waals surface area contributed by atoms with E-state index in [9.17, 15) is 24.5 Å². The third-order valence-corrected chi connectivity index (χ3v) is 8.05. The molecule has 0 spiro atoms. The van der Waals surface area contributed by atoms with Gasteiger partial charge in [-0.2, -0.15) is 0 Å². The van der Waals surface area contributed by atoms with Gasteiger partial charge in [-0.3, -0.25) is 29.4 Å². The zero-order chi connectivity index (χ0) is 31.6. The maximum Gasteiger partial charge on any atom is 0.269 e. The first kappa shape index (κ1) is 32.6. The quantitative estimate of drug-likeness (QED) is 0.119. The van der Waals surface area contributed by atoms with Gasteiger partial charge in [-0.1, -0.05) is 44.0 Å². The number of nitro benzene ring substituents is 1. The summed E-state index contributed by atoms with van der Waals surface area (Å²) in [5.74, 6) is -0.613. The summed E-state index contributed by atoms with van der Waals surface area (Å²) in [6, 6.07) is 17.8. The number of rotatable bonds is 14. The second-order valence-corrected chi connectivity index (χ2v) is 11.1. The van der Waals surface area contributed by atoms with Crippen LogP contribution < -0.4 is 10.2 Å². The van der Waals surface area contributed by atoms with Crippen LogP contribution in [0.5, 0.6) is 0 Å². The first-order chi connectivity index (χ1) is 21.2. The zero-order valence-corrected chi connectivity index (χ0v) is 25.9. The van der Waals surface area contributed by atoms with Crippen molar-refractivity contribution in [3.8, 4) is 0 Å². The van der Waals surface area contributed by atoms with E-state index in [-0.39, 0.29) is 29.8 Å².